The number of rotatable bonds is 7. The summed E-state index contributed by atoms with van der Waals surface area (Å²) in [5, 5.41) is 19.0. The fraction of sp³-hybridized carbons (Fsp3) is 0.350. The zero-order chi connectivity index (χ0) is 20.9. The van der Waals surface area contributed by atoms with Crippen molar-refractivity contribution in [2.45, 2.75) is 11.0 Å². The zero-order valence-corrected chi connectivity index (χ0v) is 18.1. The molecule has 1 aliphatic heterocycles. The van der Waals surface area contributed by atoms with Crippen LogP contribution in [0.4, 0.5) is 0 Å². The predicted molar refractivity (Wildman–Crippen MR) is 112 cm³/mol. The number of benzene rings is 2. The molecule has 0 unspecified atom stereocenters. The Kier molecular flexibility index (Phi) is 7.27. The van der Waals surface area contributed by atoms with Crippen molar-refractivity contribution in [3.8, 4) is 11.8 Å². The first-order chi connectivity index (χ1) is 13.9. The number of hydrogen-bond donors (Lipinski definition) is 1. The Morgan fingerprint density at radius 2 is 1.83 bits per heavy atom. The minimum absolute atomic E-state index is 0.127. The Morgan fingerprint density at radius 3 is 2.45 bits per heavy atom. The van der Waals surface area contributed by atoms with E-state index in [0.29, 0.717) is 44.0 Å². The van der Waals surface area contributed by atoms with Gasteiger partial charge in [-0.25, -0.2) is 8.42 Å². The van der Waals surface area contributed by atoms with Crippen LogP contribution in [0.15, 0.2) is 57.9 Å². The largest absolute Gasteiger partial charge is 0.491 e. The lowest BCUT2D eigenvalue weighted by atomic mass is 10.2. The first kappa shape index (κ1) is 21.7. The van der Waals surface area contributed by atoms with Gasteiger partial charge in [-0.1, -0.05) is 22.0 Å². The van der Waals surface area contributed by atoms with Crippen molar-refractivity contribution in [2.75, 3.05) is 39.3 Å². The quantitative estimate of drug-likeness (QED) is 0.652. The number of nitrogens with zero attached hydrogens (tertiary/aromatic N) is 3. The van der Waals surface area contributed by atoms with Gasteiger partial charge in [0.15, 0.2) is 0 Å². The summed E-state index contributed by atoms with van der Waals surface area (Å²) in [7, 11) is -3.52. The fourth-order valence-corrected chi connectivity index (χ4v) is 5.12. The van der Waals surface area contributed by atoms with Crippen molar-refractivity contribution in [2.24, 2.45) is 0 Å². The molecule has 2 aromatic carbocycles. The van der Waals surface area contributed by atoms with Gasteiger partial charge in [0.2, 0.25) is 10.0 Å². The van der Waals surface area contributed by atoms with Crippen LogP contribution in [0.5, 0.6) is 5.75 Å². The van der Waals surface area contributed by atoms with Gasteiger partial charge in [0.1, 0.15) is 18.5 Å². The summed E-state index contributed by atoms with van der Waals surface area (Å²) in [4.78, 5) is 2.30. The summed E-state index contributed by atoms with van der Waals surface area (Å²) in [6.07, 6.45) is -0.695. The topological polar surface area (TPSA) is 93.9 Å². The molecule has 7 nitrogen and oxygen atoms in total. The highest BCUT2D eigenvalue weighted by Gasteiger charge is 2.29. The third-order valence-electron chi connectivity index (χ3n) is 4.66. The highest BCUT2D eigenvalue weighted by atomic mass is 79.9. The standard InChI is InChI=1S/C20H22BrN3O4S/c21-17-2-1-3-20(12-17)29(26,27)24-10-8-23(9-11-24)14-18(25)15-28-19-6-4-16(13-22)5-7-19/h1-7,12,18,25H,8-11,14-15H2/t18-/m0/s1. The van der Waals surface area contributed by atoms with E-state index in [1.54, 1.807) is 48.5 Å². The second-order valence-corrected chi connectivity index (χ2v) is 9.62. The molecule has 3 rings (SSSR count). The number of sulfonamides is 1. The Morgan fingerprint density at radius 1 is 1.14 bits per heavy atom. The molecule has 0 saturated carbocycles. The van der Waals surface area contributed by atoms with Crippen LogP contribution in [0.25, 0.3) is 0 Å². The maximum Gasteiger partial charge on any atom is 0.243 e. The number of hydrogen-bond acceptors (Lipinski definition) is 6. The normalized spacial score (nSPS) is 16.9. The smallest absolute Gasteiger partial charge is 0.243 e. The van der Waals surface area contributed by atoms with E-state index in [2.05, 4.69) is 15.9 Å². The van der Waals surface area contributed by atoms with Crippen molar-refractivity contribution in [3.05, 3.63) is 58.6 Å². The molecule has 0 aliphatic carbocycles. The van der Waals surface area contributed by atoms with Crippen LogP contribution < -0.4 is 4.74 Å². The maximum absolute atomic E-state index is 12.8. The molecule has 9 heteroatoms. The molecule has 1 fully saturated rings. The fourth-order valence-electron chi connectivity index (χ4n) is 3.10. The summed E-state index contributed by atoms with van der Waals surface area (Å²) in [5.41, 5.74) is 0.550. The van der Waals surface area contributed by atoms with E-state index in [0.717, 1.165) is 4.47 Å². The number of β-amino-alcohol motifs (C(OH)–C–C–N with tert-alkyl or cyclic N) is 1. The Labute approximate surface area is 179 Å². The molecule has 0 amide bonds. The average Bonchev–Trinajstić information content (AvgIpc) is 2.73. The molecule has 1 N–H and O–H groups in total. The summed E-state index contributed by atoms with van der Waals surface area (Å²) in [6.45, 7) is 2.36. The molecule has 0 bridgehead atoms. The molecule has 0 aromatic heterocycles. The van der Waals surface area contributed by atoms with Crippen LogP contribution in [0.3, 0.4) is 0 Å². The third kappa shape index (κ3) is 5.78. The van der Waals surface area contributed by atoms with E-state index in [1.807, 2.05) is 11.0 Å². The monoisotopic (exact) mass is 479 g/mol. The third-order valence-corrected chi connectivity index (χ3v) is 7.05. The summed E-state index contributed by atoms with van der Waals surface area (Å²) in [5.74, 6) is 0.591. The van der Waals surface area contributed by atoms with Gasteiger partial charge in [-0.3, -0.25) is 4.90 Å². The van der Waals surface area contributed by atoms with Crippen LogP contribution in [0.2, 0.25) is 0 Å². The maximum atomic E-state index is 12.8. The summed E-state index contributed by atoms with van der Waals surface area (Å²) < 4.78 is 33.3. The van der Waals surface area contributed by atoms with Gasteiger partial charge in [-0.15, -0.1) is 0 Å². The molecule has 0 radical (unpaired) electrons. The van der Waals surface area contributed by atoms with Crippen LogP contribution >= 0.6 is 15.9 Å². The molecule has 1 heterocycles. The Balaban J connectivity index is 1.47. The van der Waals surface area contributed by atoms with Crippen molar-refractivity contribution in [1.82, 2.24) is 9.21 Å². The second kappa shape index (κ2) is 9.69. The number of ether oxygens (including phenoxy) is 1. The number of piperazine rings is 1. The molecule has 1 atom stereocenters. The van der Waals surface area contributed by atoms with Gasteiger partial charge in [0.25, 0.3) is 0 Å². The van der Waals surface area contributed by atoms with Gasteiger partial charge in [-0.05, 0) is 42.5 Å². The van der Waals surface area contributed by atoms with E-state index in [9.17, 15) is 13.5 Å². The predicted octanol–water partition coefficient (Wildman–Crippen LogP) is 2.07. The molecule has 1 saturated heterocycles. The molecule has 1 aliphatic rings. The lowest BCUT2D eigenvalue weighted by molar-refractivity contribution is 0.0569. The summed E-state index contributed by atoms with van der Waals surface area (Å²) in [6, 6.07) is 15.4. The minimum Gasteiger partial charge on any atom is -0.491 e. The molecule has 2 aromatic rings. The first-order valence-corrected chi connectivity index (χ1v) is 11.4. The average molecular weight is 480 g/mol. The van der Waals surface area contributed by atoms with Gasteiger partial charge >= 0.3 is 0 Å². The number of nitriles is 1. The summed E-state index contributed by atoms with van der Waals surface area (Å²) >= 11 is 3.31. The van der Waals surface area contributed by atoms with Gasteiger partial charge < -0.3 is 9.84 Å². The van der Waals surface area contributed by atoms with E-state index >= 15 is 0 Å². The zero-order valence-electron chi connectivity index (χ0n) is 15.7. The van der Waals surface area contributed by atoms with Crippen molar-refractivity contribution < 1.29 is 18.3 Å². The van der Waals surface area contributed by atoms with Crippen LogP contribution in [-0.4, -0.2) is 68.2 Å². The van der Waals surface area contributed by atoms with Crippen LogP contribution in [-0.2, 0) is 10.0 Å². The number of aliphatic hydroxyl groups is 1. The molecule has 0 spiro atoms. The number of halogens is 1. The number of aliphatic hydroxyl groups excluding tert-OH is 1. The highest BCUT2D eigenvalue weighted by molar-refractivity contribution is 9.10. The van der Waals surface area contributed by atoms with Crippen molar-refractivity contribution >= 4 is 26.0 Å². The molecule has 29 heavy (non-hydrogen) atoms. The Bertz CT molecular complexity index is 968. The SMILES string of the molecule is N#Cc1ccc(OC[C@@H](O)CN2CCN(S(=O)(=O)c3cccc(Br)c3)CC2)cc1. The van der Waals surface area contributed by atoms with E-state index in [1.165, 1.54) is 4.31 Å². The molecular weight excluding hydrogens is 458 g/mol. The second-order valence-electron chi connectivity index (χ2n) is 6.76. The van der Waals surface area contributed by atoms with E-state index in [-0.39, 0.29) is 11.5 Å². The van der Waals surface area contributed by atoms with Gasteiger partial charge in [0.05, 0.1) is 16.5 Å². The van der Waals surface area contributed by atoms with Crippen LogP contribution in [0.1, 0.15) is 5.56 Å². The highest BCUT2D eigenvalue weighted by Crippen LogP contribution is 2.21. The first-order valence-electron chi connectivity index (χ1n) is 9.17. The molecular formula is C20H22BrN3O4S. The van der Waals surface area contributed by atoms with Gasteiger partial charge in [-0.2, -0.15) is 9.57 Å². The Hall–Kier alpha value is -1.96. The van der Waals surface area contributed by atoms with E-state index in [4.69, 9.17) is 10.00 Å². The lowest BCUT2D eigenvalue weighted by Crippen LogP contribution is -2.50. The lowest BCUT2D eigenvalue weighted by Gasteiger charge is -2.34. The minimum atomic E-state index is -3.52. The van der Waals surface area contributed by atoms with E-state index < -0.39 is 16.1 Å². The molecule has 154 valence electrons. The van der Waals surface area contributed by atoms with Gasteiger partial charge in [0, 0.05) is 37.2 Å². The van der Waals surface area contributed by atoms with Crippen LogP contribution in [0, 0.1) is 11.3 Å². The van der Waals surface area contributed by atoms with Crippen molar-refractivity contribution in [3.63, 3.8) is 0 Å². The van der Waals surface area contributed by atoms with Crippen molar-refractivity contribution in [1.29, 1.82) is 5.26 Å².